The van der Waals surface area contributed by atoms with Gasteiger partial charge in [-0.05, 0) is 49.4 Å². The molecule has 0 fully saturated rings. The number of hydrogen-bond acceptors (Lipinski definition) is 14. The number of anilines is 2. The molecule has 0 atom stereocenters. The third kappa shape index (κ3) is 8.70. The van der Waals surface area contributed by atoms with Gasteiger partial charge in [0.05, 0.1) is 6.54 Å². The van der Waals surface area contributed by atoms with Gasteiger partial charge in [0, 0.05) is 61.3 Å². The fourth-order valence-corrected chi connectivity index (χ4v) is 7.57. The van der Waals surface area contributed by atoms with E-state index in [4.69, 9.17) is 20.7 Å². The van der Waals surface area contributed by atoms with Crippen molar-refractivity contribution in [3.8, 4) is 0 Å². The van der Waals surface area contributed by atoms with E-state index in [9.17, 15) is 0 Å². The van der Waals surface area contributed by atoms with Crippen LogP contribution in [0, 0.1) is 0 Å². The summed E-state index contributed by atoms with van der Waals surface area (Å²) in [5, 5.41) is 30.3. The van der Waals surface area contributed by atoms with Crippen LogP contribution in [0.3, 0.4) is 0 Å². The van der Waals surface area contributed by atoms with E-state index in [-0.39, 0.29) is 0 Å². The number of nitrogens with two attached hydrogens (primary N) is 1. The molecule has 0 radical (unpaired) electrons. The topological polar surface area (TPSA) is 191 Å². The van der Waals surface area contributed by atoms with Crippen molar-refractivity contribution in [1.29, 1.82) is 0 Å². The van der Waals surface area contributed by atoms with Crippen LogP contribution in [-0.2, 0) is 25.9 Å². The van der Waals surface area contributed by atoms with Gasteiger partial charge < -0.3 is 26.7 Å². The predicted octanol–water partition coefficient (Wildman–Crippen LogP) is 4.76. The normalized spacial score (nSPS) is 11.7. The summed E-state index contributed by atoms with van der Waals surface area (Å²) >= 11 is 3.30. The zero-order chi connectivity index (χ0) is 36.4. The standard InChI is InChI=1S/C36H45N15S2/c1-3-20-52-35-42-31(39-16-15-37)29-33(44-35)50(48-46-29)19-14-26-22-41-28-25(11-7-13-27(26)28)12-8-21-53-36-43-32(40-18-17-38-2)30-34(45-36)51(49-47-30)23-24-9-5-4-6-10-24/h4-7,9-11,13,22,38,41H,3,8,12,14-21,23,37H2,1-2H3,(H,39,42,44)(H,40,43,45). The lowest BCUT2D eigenvalue weighted by Crippen LogP contribution is -2.18. The summed E-state index contributed by atoms with van der Waals surface area (Å²) in [7, 11) is 1.93. The fourth-order valence-electron chi connectivity index (χ4n) is 6.09. The van der Waals surface area contributed by atoms with Crippen LogP contribution in [0.2, 0.25) is 0 Å². The molecule has 7 aromatic rings. The Kier molecular flexibility index (Phi) is 12.3. The highest BCUT2D eigenvalue weighted by Crippen LogP contribution is 2.28. The smallest absolute Gasteiger partial charge is 0.191 e. The van der Waals surface area contributed by atoms with E-state index < -0.39 is 0 Å². The number of nitrogens with zero attached hydrogens (tertiary/aromatic N) is 10. The zero-order valence-electron chi connectivity index (χ0n) is 30.0. The first kappa shape index (κ1) is 36.5. The molecular formula is C36H45N15S2. The SMILES string of the molecule is CCCSc1nc(NCCN)c2nnn(CCc3c[nH]c4c(CCCSc5nc(NCCNC)c6nnn(Cc7ccccc7)c6n5)cccc34)c2n1. The minimum absolute atomic E-state index is 0.500. The summed E-state index contributed by atoms with van der Waals surface area (Å²) in [6, 6.07) is 16.8. The molecule has 0 aliphatic carbocycles. The number of likely N-dealkylation sites (N-methyl/N-ethyl adjacent to an activating group) is 1. The molecule has 6 N–H and O–H groups in total. The van der Waals surface area contributed by atoms with Gasteiger partial charge in [-0.25, -0.2) is 29.3 Å². The Hall–Kier alpha value is -4.84. The number of hydrogen-bond donors (Lipinski definition) is 5. The molecule has 0 saturated heterocycles. The highest BCUT2D eigenvalue weighted by atomic mass is 32.2. The average Bonchev–Trinajstić information content (AvgIpc) is 3.92. The molecule has 276 valence electrons. The minimum atomic E-state index is 0.500. The number of fused-ring (bicyclic) bond motifs is 3. The number of para-hydroxylation sites is 1. The van der Waals surface area contributed by atoms with Gasteiger partial charge in [0.2, 0.25) is 0 Å². The van der Waals surface area contributed by atoms with Crippen molar-refractivity contribution in [2.24, 2.45) is 5.73 Å². The van der Waals surface area contributed by atoms with Crippen LogP contribution in [0.1, 0.15) is 36.5 Å². The van der Waals surface area contributed by atoms with E-state index >= 15 is 0 Å². The molecule has 15 nitrogen and oxygen atoms in total. The molecule has 5 aromatic heterocycles. The van der Waals surface area contributed by atoms with Gasteiger partial charge in [0.1, 0.15) is 0 Å². The lowest BCUT2D eigenvalue weighted by Gasteiger charge is -2.09. The number of thioether (sulfide) groups is 2. The van der Waals surface area contributed by atoms with Crippen LogP contribution in [0.15, 0.2) is 65.0 Å². The Bertz CT molecular complexity index is 2250. The fraction of sp³-hybridized carbons (Fsp3) is 0.389. The van der Waals surface area contributed by atoms with Crippen molar-refractivity contribution >= 4 is 68.4 Å². The summed E-state index contributed by atoms with van der Waals surface area (Å²) in [5.74, 6) is 3.20. The Morgan fingerprint density at radius 2 is 1.47 bits per heavy atom. The van der Waals surface area contributed by atoms with Crippen molar-refractivity contribution in [3.05, 3.63) is 71.4 Å². The third-order valence-corrected chi connectivity index (χ3v) is 10.7. The monoisotopic (exact) mass is 751 g/mol. The predicted molar refractivity (Wildman–Crippen MR) is 214 cm³/mol. The number of nitrogens with one attached hydrogen (secondary N) is 4. The highest BCUT2D eigenvalue weighted by Gasteiger charge is 2.18. The second kappa shape index (κ2) is 17.8. The van der Waals surface area contributed by atoms with Crippen molar-refractivity contribution < 1.29 is 0 Å². The zero-order valence-corrected chi connectivity index (χ0v) is 31.7. The maximum absolute atomic E-state index is 5.75. The molecular weight excluding hydrogens is 707 g/mol. The van der Waals surface area contributed by atoms with Gasteiger partial charge >= 0.3 is 0 Å². The third-order valence-electron chi connectivity index (χ3n) is 8.70. The maximum Gasteiger partial charge on any atom is 0.191 e. The second-order valence-electron chi connectivity index (χ2n) is 12.5. The first-order valence-corrected chi connectivity index (χ1v) is 20.0. The van der Waals surface area contributed by atoms with Crippen LogP contribution >= 0.6 is 23.5 Å². The van der Waals surface area contributed by atoms with Gasteiger partial charge in [0.15, 0.2) is 44.3 Å². The van der Waals surface area contributed by atoms with Crippen molar-refractivity contribution in [2.75, 3.05) is 55.4 Å². The molecule has 17 heteroatoms. The van der Waals surface area contributed by atoms with Crippen molar-refractivity contribution in [2.45, 2.75) is 56.0 Å². The van der Waals surface area contributed by atoms with Gasteiger partial charge in [0.25, 0.3) is 0 Å². The number of aryl methyl sites for hydroxylation is 3. The first-order valence-electron chi connectivity index (χ1n) is 18.1. The molecule has 0 amide bonds. The number of H-pyrrole nitrogens is 1. The maximum atomic E-state index is 5.75. The molecule has 0 aliphatic heterocycles. The summed E-state index contributed by atoms with van der Waals surface area (Å²) in [6.07, 6.45) is 5.83. The second-order valence-corrected chi connectivity index (χ2v) is 14.7. The number of aromatic nitrogens is 11. The van der Waals surface area contributed by atoms with Gasteiger partial charge in [-0.3, -0.25) is 0 Å². The van der Waals surface area contributed by atoms with E-state index in [1.807, 2.05) is 34.6 Å². The molecule has 0 spiro atoms. The Morgan fingerprint density at radius 1 is 0.755 bits per heavy atom. The van der Waals surface area contributed by atoms with Crippen LogP contribution in [-0.4, -0.2) is 99.6 Å². The van der Waals surface area contributed by atoms with Crippen LogP contribution in [0.4, 0.5) is 11.6 Å². The van der Waals surface area contributed by atoms with E-state index in [0.29, 0.717) is 54.0 Å². The van der Waals surface area contributed by atoms with Crippen LogP contribution in [0.25, 0.3) is 33.2 Å². The summed E-state index contributed by atoms with van der Waals surface area (Å²) in [6.45, 7) is 6.01. The highest BCUT2D eigenvalue weighted by molar-refractivity contribution is 7.99. The van der Waals surface area contributed by atoms with E-state index in [1.165, 1.54) is 22.0 Å². The largest absolute Gasteiger partial charge is 0.367 e. The molecule has 0 saturated carbocycles. The molecule has 0 aliphatic rings. The molecule has 53 heavy (non-hydrogen) atoms. The molecule has 2 aromatic carbocycles. The summed E-state index contributed by atoms with van der Waals surface area (Å²) < 4.78 is 3.73. The number of benzene rings is 2. The number of aromatic amines is 1. The first-order chi connectivity index (χ1) is 26.1. The van der Waals surface area contributed by atoms with Gasteiger partial charge in [-0.1, -0.05) is 89.4 Å². The average molecular weight is 752 g/mol. The number of rotatable bonds is 20. The summed E-state index contributed by atoms with van der Waals surface area (Å²) in [4.78, 5) is 22.8. The van der Waals surface area contributed by atoms with Crippen LogP contribution in [0.5, 0.6) is 0 Å². The lowest BCUT2D eigenvalue weighted by atomic mass is 10.0. The van der Waals surface area contributed by atoms with Crippen LogP contribution < -0.4 is 21.7 Å². The Morgan fingerprint density at radius 3 is 2.21 bits per heavy atom. The van der Waals surface area contributed by atoms with Gasteiger partial charge in [-0.2, -0.15) is 0 Å². The van der Waals surface area contributed by atoms with E-state index in [0.717, 1.165) is 72.3 Å². The van der Waals surface area contributed by atoms with Gasteiger partial charge in [-0.15, -0.1) is 10.2 Å². The summed E-state index contributed by atoms with van der Waals surface area (Å²) in [5.41, 5.74) is 13.4. The van der Waals surface area contributed by atoms with E-state index in [2.05, 4.69) is 90.0 Å². The molecule has 0 unspecified atom stereocenters. The Labute approximate surface area is 316 Å². The van der Waals surface area contributed by atoms with Crippen molar-refractivity contribution in [1.82, 2.24) is 60.2 Å². The quantitative estimate of drug-likeness (QED) is 0.0407. The molecule has 0 bridgehead atoms. The Balaban J connectivity index is 1.02. The minimum Gasteiger partial charge on any atom is -0.367 e. The lowest BCUT2D eigenvalue weighted by molar-refractivity contribution is 0.601. The molecule has 7 rings (SSSR count). The van der Waals surface area contributed by atoms with Crippen molar-refractivity contribution in [3.63, 3.8) is 0 Å². The molecule has 5 heterocycles. The van der Waals surface area contributed by atoms with E-state index in [1.54, 1.807) is 23.5 Å².